The monoisotopic (exact) mass is 183 g/mol. The van der Waals surface area contributed by atoms with Crippen LogP contribution in [0, 0.1) is 24.0 Å². The molecule has 3 nitrogen and oxygen atoms in total. The summed E-state index contributed by atoms with van der Waals surface area (Å²) in [5.74, 6) is 0. The van der Waals surface area contributed by atoms with Gasteiger partial charge in [0.25, 0.3) is 5.69 Å². The predicted molar refractivity (Wildman–Crippen MR) is 47.4 cm³/mol. The van der Waals surface area contributed by atoms with Crippen molar-refractivity contribution < 1.29 is 9.31 Å². The van der Waals surface area contributed by atoms with Crippen molar-refractivity contribution in [3.63, 3.8) is 0 Å². The van der Waals surface area contributed by atoms with E-state index in [0.29, 0.717) is 5.56 Å². The maximum absolute atomic E-state index is 12.4. The fraction of sp³-hybridized carbons (Fsp3) is 0.333. The highest BCUT2D eigenvalue weighted by Gasteiger charge is 2.17. The van der Waals surface area contributed by atoms with E-state index < -0.39 is 11.6 Å². The third kappa shape index (κ3) is 1.66. The molecule has 0 bridgehead atoms. The number of hydrogen-bond acceptors (Lipinski definition) is 2. The van der Waals surface area contributed by atoms with E-state index in [0.717, 1.165) is 5.56 Å². The van der Waals surface area contributed by atoms with E-state index in [2.05, 4.69) is 0 Å². The third-order valence-electron chi connectivity index (χ3n) is 2.11. The largest absolute Gasteiger partial charge is 0.278 e. The van der Waals surface area contributed by atoms with Crippen molar-refractivity contribution in [1.29, 1.82) is 0 Å². The summed E-state index contributed by atoms with van der Waals surface area (Å²) in [6.07, 6.45) is 0. The molecule has 0 saturated carbocycles. The average molecular weight is 183 g/mol. The van der Waals surface area contributed by atoms with Crippen LogP contribution in [0.3, 0.4) is 0 Å². The van der Waals surface area contributed by atoms with Crippen molar-refractivity contribution in [2.24, 2.45) is 0 Å². The fourth-order valence-corrected chi connectivity index (χ4v) is 1.22. The SMILES string of the molecule is Cc1ccc(CF)c([N+](=O)[O-])c1C. The molecule has 0 aliphatic carbocycles. The van der Waals surface area contributed by atoms with Crippen LogP contribution in [0.2, 0.25) is 0 Å². The second-order valence-corrected chi connectivity index (χ2v) is 2.91. The smallest absolute Gasteiger partial charge is 0.258 e. The van der Waals surface area contributed by atoms with Gasteiger partial charge in [-0.05, 0) is 25.5 Å². The van der Waals surface area contributed by atoms with Crippen LogP contribution in [0.1, 0.15) is 16.7 Å². The minimum absolute atomic E-state index is 0.0949. The van der Waals surface area contributed by atoms with Gasteiger partial charge in [-0.25, -0.2) is 4.39 Å². The van der Waals surface area contributed by atoms with Gasteiger partial charge in [0.1, 0.15) is 6.67 Å². The number of nitrogens with zero attached hydrogens (tertiary/aromatic N) is 1. The van der Waals surface area contributed by atoms with Crippen LogP contribution in [0.4, 0.5) is 10.1 Å². The van der Waals surface area contributed by atoms with E-state index >= 15 is 0 Å². The second kappa shape index (κ2) is 3.51. The Morgan fingerprint density at radius 3 is 2.54 bits per heavy atom. The van der Waals surface area contributed by atoms with Gasteiger partial charge in [-0.1, -0.05) is 6.07 Å². The van der Waals surface area contributed by atoms with Gasteiger partial charge < -0.3 is 0 Å². The number of aryl methyl sites for hydroxylation is 1. The lowest BCUT2D eigenvalue weighted by molar-refractivity contribution is -0.386. The average Bonchev–Trinajstić information content (AvgIpc) is 2.08. The molecule has 0 N–H and O–H groups in total. The maximum Gasteiger partial charge on any atom is 0.278 e. The molecule has 13 heavy (non-hydrogen) atoms. The summed E-state index contributed by atoms with van der Waals surface area (Å²) in [5, 5.41) is 10.6. The molecule has 0 amide bonds. The lowest BCUT2D eigenvalue weighted by Crippen LogP contribution is -1.98. The first-order chi connectivity index (χ1) is 6.07. The van der Waals surface area contributed by atoms with E-state index in [-0.39, 0.29) is 11.3 Å². The van der Waals surface area contributed by atoms with Crippen molar-refractivity contribution in [1.82, 2.24) is 0 Å². The number of nitro groups is 1. The molecular weight excluding hydrogens is 173 g/mol. The second-order valence-electron chi connectivity index (χ2n) is 2.91. The van der Waals surface area contributed by atoms with Crippen LogP contribution in [-0.4, -0.2) is 4.92 Å². The Morgan fingerprint density at radius 1 is 1.46 bits per heavy atom. The summed E-state index contributed by atoms with van der Waals surface area (Å²) in [5.41, 5.74) is 1.40. The summed E-state index contributed by atoms with van der Waals surface area (Å²) in [6, 6.07) is 3.15. The molecule has 0 spiro atoms. The van der Waals surface area contributed by atoms with Gasteiger partial charge in [-0.15, -0.1) is 0 Å². The van der Waals surface area contributed by atoms with Gasteiger partial charge in [-0.3, -0.25) is 10.1 Å². The van der Waals surface area contributed by atoms with Crippen LogP contribution in [0.15, 0.2) is 12.1 Å². The Kier molecular flexibility index (Phi) is 2.60. The molecule has 1 aromatic carbocycles. The molecule has 0 aliphatic rings. The molecule has 70 valence electrons. The highest BCUT2D eigenvalue weighted by Crippen LogP contribution is 2.26. The zero-order valence-electron chi connectivity index (χ0n) is 7.50. The molecule has 0 radical (unpaired) electrons. The molecule has 1 aromatic rings. The van der Waals surface area contributed by atoms with E-state index in [9.17, 15) is 14.5 Å². The fourth-order valence-electron chi connectivity index (χ4n) is 1.22. The zero-order valence-corrected chi connectivity index (χ0v) is 7.50. The van der Waals surface area contributed by atoms with Crippen molar-refractivity contribution in [3.8, 4) is 0 Å². The van der Waals surface area contributed by atoms with Gasteiger partial charge in [0.2, 0.25) is 0 Å². The van der Waals surface area contributed by atoms with Crippen LogP contribution < -0.4 is 0 Å². The van der Waals surface area contributed by atoms with Crippen molar-refractivity contribution in [2.45, 2.75) is 20.5 Å². The number of alkyl halides is 1. The van der Waals surface area contributed by atoms with Crippen molar-refractivity contribution >= 4 is 5.69 Å². The molecule has 0 saturated heterocycles. The van der Waals surface area contributed by atoms with Gasteiger partial charge in [0.05, 0.1) is 10.5 Å². The van der Waals surface area contributed by atoms with E-state index in [1.54, 1.807) is 19.9 Å². The standard InChI is InChI=1S/C9H10FNO2/c1-6-3-4-8(5-10)9(7(6)2)11(12)13/h3-4H,5H2,1-2H3. The highest BCUT2D eigenvalue weighted by molar-refractivity contribution is 5.50. The Bertz CT molecular complexity index is 350. The van der Waals surface area contributed by atoms with E-state index in [4.69, 9.17) is 0 Å². The number of benzene rings is 1. The van der Waals surface area contributed by atoms with Crippen molar-refractivity contribution in [3.05, 3.63) is 38.9 Å². The molecule has 0 unspecified atom stereocenters. The summed E-state index contributed by atoms with van der Waals surface area (Å²) < 4.78 is 12.4. The normalized spacial score (nSPS) is 10.1. The molecule has 0 fully saturated rings. The summed E-state index contributed by atoms with van der Waals surface area (Å²) >= 11 is 0. The number of rotatable bonds is 2. The van der Waals surface area contributed by atoms with Crippen LogP contribution in [0.5, 0.6) is 0 Å². The first-order valence-electron chi connectivity index (χ1n) is 3.87. The lowest BCUT2D eigenvalue weighted by atomic mass is 10.0. The van der Waals surface area contributed by atoms with Gasteiger partial charge >= 0.3 is 0 Å². The first-order valence-corrected chi connectivity index (χ1v) is 3.87. The van der Waals surface area contributed by atoms with Crippen LogP contribution in [-0.2, 0) is 6.67 Å². The Labute approximate surface area is 75.3 Å². The summed E-state index contributed by atoms with van der Waals surface area (Å²) in [4.78, 5) is 10.1. The zero-order chi connectivity index (χ0) is 10.0. The first kappa shape index (κ1) is 9.64. The lowest BCUT2D eigenvalue weighted by Gasteiger charge is -2.04. The molecule has 4 heteroatoms. The highest BCUT2D eigenvalue weighted by atomic mass is 19.1. The van der Waals surface area contributed by atoms with Gasteiger partial charge in [0, 0.05) is 5.56 Å². The topological polar surface area (TPSA) is 43.1 Å². The predicted octanol–water partition coefficient (Wildman–Crippen LogP) is 2.68. The maximum atomic E-state index is 12.4. The van der Waals surface area contributed by atoms with Crippen LogP contribution in [0.25, 0.3) is 0 Å². The Morgan fingerprint density at radius 2 is 2.08 bits per heavy atom. The number of halogens is 1. The minimum Gasteiger partial charge on any atom is -0.258 e. The van der Waals surface area contributed by atoms with Crippen LogP contribution >= 0.6 is 0 Å². The molecule has 0 atom stereocenters. The molecule has 1 rings (SSSR count). The quantitative estimate of drug-likeness (QED) is 0.522. The molecule has 0 aromatic heterocycles. The molecular formula is C9H10FNO2. The van der Waals surface area contributed by atoms with Crippen molar-refractivity contribution in [2.75, 3.05) is 0 Å². The third-order valence-corrected chi connectivity index (χ3v) is 2.11. The Balaban J connectivity index is 3.41. The van der Waals surface area contributed by atoms with Gasteiger partial charge in [-0.2, -0.15) is 0 Å². The number of hydrogen-bond donors (Lipinski definition) is 0. The minimum atomic E-state index is -0.794. The van der Waals surface area contributed by atoms with E-state index in [1.165, 1.54) is 6.07 Å². The Hall–Kier alpha value is -1.45. The summed E-state index contributed by atoms with van der Waals surface area (Å²) in [7, 11) is 0. The van der Waals surface area contributed by atoms with Gasteiger partial charge in [0.15, 0.2) is 0 Å². The van der Waals surface area contributed by atoms with E-state index in [1.807, 2.05) is 0 Å². The molecule has 0 aliphatic heterocycles. The summed E-state index contributed by atoms with van der Waals surface area (Å²) in [6.45, 7) is 2.61. The number of nitro benzene ring substituents is 1. The molecule has 0 heterocycles.